The Morgan fingerprint density at radius 3 is 2.29 bits per heavy atom. The molecule has 0 spiro atoms. The van der Waals surface area contributed by atoms with Crippen LogP contribution in [-0.2, 0) is 16.0 Å². The lowest BCUT2D eigenvalue weighted by atomic mass is 9.93. The molecule has 0 aliphatic heterocycles. The Bertz CT molecular complexity index is 1290. The number of aromatic nitrogens is 2. The lowest BCUT2D eigenvalue weighted by Gasteiger charge is -2.28. The number of hydrogen-bond donors (Lipinski definition) is 4. The predicted octanol–water partition coefficient (Wildman–Crippen LogP) is 4.21. The quantitative estimate of drug-likeness (QED) is 0.258. The summed E-state index contributed by atoms with van der Waals surface area (Å²) in [5, 5.41) is 14.1. The van der Waals surface area contributed by atoms with Crippen molar-refractivity contribution in [3.8, 4) is 11.3 Å². The van der Waals surface area contributed by atoms with E-state index in [1.807, 2.05) is 30.3 Å². The maximum atomic E-state index is 13.5. The molecule has 202 valence electrons. The number of hydroxylamine groups is 2. The monoisotopic (exact) mass is 521 g/mol. The van der Waals surface area contributed by atoms with Gasteiger partial charge >= 0.3 is 6.09 Å². The maximum Gasteiger partial charge on any atom is 0.408 e. The summed E-state index contributed by atoms with van der Waals surface area (Å²) in [6.45, 7) is 10.3. The third-order valence-corrected chi connectivity index (χ3v) is 6.05. The number of nitrogens with two attached hydrogens (primary N) is 1. The lowest BCUT2D eigenvalue weighted by Crippen LogP contribution is -2.50. The third kappa shape index (κ3) is 6.98. The smallest absolute Gasteiger partial charge is 0.408 e. The van der Waals surface area contributed by atoms with Crippen LogP contribution in [-0.4, -0.2) is 49.8 Å². The normalized spacial score (nSPS) is 12.9. The maximum absolute atomic E-state index is 13.5. The fourth-order valence-corrected chi connectivity index (χ4v) is 4.09. The molecular weight excluding hydrogens is 486 g/mol. The summed E-state index contributed by atoms with van der Waals surface area (Å²) in [6.07, 6.45) is 0.875. The van der Waals surface area contributed by atoms with Crippen LogP contribution in [0, 0.1) is 13.8 Å². The van der Waals surface area contributed by atoms with E-state index in [0.29, 0.717) is 16.5 Å². The molecule has 3 rings (SSSR count). The molecule has 1 heterocycles. The average molecular weight is 522 g/mol. The number of aryl methyl sites for hydroxylation is 2. The molecule has 0 bridgehead atoms. The van der Waals surface area contributed by atoms with Crippen LogP contribution in [0.5, 0.6) is 0 Å². The zero-order valence-corrected chi connectivity index (χ0v) is 22.5. The molecule has 38 heavy (non-hydrogen) atoms. The van der Waals surface area contributed by atoms with E-state index in [0.717, 1.165) is 27.9 Å². The number of nitrogens with one attached hydrogen (secondary N) is 2. The summed E-state index contributed by atoms with van der Waals surface area (Å²) in [6, 6.07) is 10.8. The fraction of sp³-hybridized carbons (Fsp3) is 0.357. The lowest BCUT2D eigenvalue weighted by molar-refractivity contribution is -0.178. The highest BCUT2D eigenvalue weighted by molar-refractivity contribution is 5.93. The van der Waals surface area contributed by atoms with Gasteiger partial charge in [-0.15, -0.1) is 0 Å². The second-order valence-corrected chi connectivity index (χ2v) is 10.3. The summed E-state index contributed by atoms with van der Waals surface area (Å²) in [4.78, 5) is 45.3. The van der Waals surface area contributed by atoms with Gasteiger partial charge in [-0.05, 0) is 75.9 Å². The Morgan fingerprint density at radius 2 is 1.74 bits per heavy atom. The van der Waals surface area contributed by atoms with Crippen molar-refractivity contribution in [3.63, 3.8) is 0 Å². The first-order chi connectivity index (χ1) is 17.8. The number of imidazole rings is 1. The molecule has 2 aromatic carbocycles. The second-order valence-electron chi connectivity index (χ2n) is 10.3. The molecule has 0 saturated carbocycles. The summed E-state index contributed by atoms with van der Waals surface area (Å²) in [7, 11) is 0. The van der Waals surface area contributed by atoms with E-state index in [2.05, 4.69) is 15.3 Å². The van der Waals surface area contributed by atoms with Crippen molar-refractivity contribution >= 4 is 17.9 Å². The minimum atomic E-state index is -1.17. The number of alkyl carbamates (subject to hydrolysis) is 1. The second kappa shape index (κ2) is 11.5. The number of amides is 3. The molecule has 0 unspecified atom stereocenters. The van der Waals surface area contributed by atoms with Gasteiger partial charge in [-0.25, -0.2) is 14.8 Å². The highest BCUT2D eigenvalue weighted by Crippen LogP contribution is 2.24. The molecule has 0 radical (unpaired) electrons. The molecule has 0 aliphatic rings. The molecule has 10 nitrogen and oxygen atoms in total. The number of carbonyl (C=O) groups is 3. The standard InChI is InChI=1S/C28H35N5O5/c1-16-12-20(24(29)34)13-17(2)21(16)14-22(32-27(36)38-28(4,5)6)26(35)33(37)18(3)25-30-15-23(31-25)19-10-8-7-9-11-19/h7-13,15,18,22,37H,14H2,1-6H3,(H2,29,34)(H,30,31)(H,32,36)/t18-,22-/m0/s1. The first kappa shape index (κ1) is 28.4. The summed E-state index contributed by atoms with van der Waals surface area (Å²) in [5.41, 5.74) is 8.79. The predicted molar refractivity (Wildman–Crippen MR) is 142 cm³/mol. The van der Waals surface area contributed by atoms with E-state index in [1.54, 1.807) is 59.9 Å². The number of benzene rings is 2. The Morgan fingerprint density at radius 1 is 1.13 bits per heavy atom. The molecule has 10 heteroatoms. The highest BCUT2D eigenvalue weighted by atomic mass is 16.6. The Kier molecular flexibility index (Phi) is 8.57. The molecule has 3 aromatic rings. The SMILES string of the molecule is Cc1cc(C(N)=O)cc(C)c1C[C@H](NC(=O)OC(C)(C)C)C(=O)N(O)[C@@H](C)c1ncc(-c2ccccc2)[nH]1. The van der Waals surface area contributed by atoms with Crippen molar-refractivity contribution in [2.24, 2.45) is 5.73 Å². The molecule has 2 atom stereocenters. The van der Waals surface area contributed by atoms with Crippen molar-refractivity contribution in [2.75, 3.05) is 0 Å². The summed E-state index contributed by atoms with van der Waals surface area (Å²) >= 11 is 0. The Balaban J connectivity index is 1.88. The average Bonchev–Trinajstić information content (AvgIpc) is 3.33. The molecule has 0 fully saturated rings. The van der Waals surface area contributed by atoms with Gasteiger partial charge in [-0.2, -0.15) is 0 Å². The van der Waals surface area contributed by atoms with Gasteiger partial charge in [-0.1, -0.05) is 30.3 Å². The largest absolute Gasteiger partial charge is 0.444 e. The van der Waals surface area contributed by atoms with Gasteiger partial charge in [0, 0.05) is 12.0 Å². The van der Waals surface area contributed by atoms with Crippen LogP contribution in [0.2, 0.25) is 0 Å². The Hall–Kier alpha value is -4.18. The number of carbonyl (C=O) groups excluding carboxylic acids is 3. The van der Waals surface area contributed by atoms with E-state index < -0.39 is 35.6 Å². The van der Waals surface area contributed by atoms with Gasteiger partial charge in [0.2, 0.25) is 5.91 Å². The molecule has 5 N–H and O–H groups in total. The van der Waals surface area contributed by atoms with Crippen LogP contribution in [0.4, 0.5) is 4.79 Å². The zero-order chi connectivity index (χ0) is 28.2. The minimum absolute atomic E-state index is 0.0476. The number of hydrogen-bond acceptors (Lipinski definition) is 6. The summed E-state index contributed by atoms with van der Waals surface area (Å²) < 4.78 is 5.36. The first-order valence-corrected chi connectivity index (χ1v) is 12.3. The first-order valence-electron chi connectivity index (χ1n) is 12.3. The minimum Gasteiger partial charge on any atom is -0.444 e. The fourth-order valence-electron chi connectivity index (χ4n) is 4.09. The van der Waals surface area contributed by atoms with Gasteiger partial charge in [0.15, 0.2) is 0 Å². The van der Waals surface area contributed by atoms with Crippen LogP contribution in [0.15, 0.2) is 48.7 Å². The van der Waals surface area contributed by atoms with Crippen LogP contribution < -0.4 is 11.1 Å². The van der Waals surface area contributed by atoms with Crippen LogP contribution in [0.25, 0.3) is 11.3 Å². The van der Waals surface area contributed by atoms with Gasteiger partial charge < -0.3 is 20.8 Å². The number of nitrogens with zero attached hydrogens (tertiary/aromatic N) is 2. The van der Waals surface area contributed by atoms with Gasteiger partial charge in [0.05, 0.1) is 11.9 Å². The highest BCUT2D eigenvalue weighted by Gasteiger charge is 2.32. The van der Waals surface area contributed by atoms with Gasteiger partial charge in [0.25, 0.3) is 5.91 Å². The number of ether oxygens (including phenoxy) is 1. The van der Waals surface area contributed by atoms with Crippen molar-refractivity contribution < 1.29 is 24.3 Å². The number of H-pyrrole nitrogens is 1. The van der Waals surface area contributed by atoms with Crippen molar-refractivity contribution in [1.82, 2.24) is 20.3 Å². The Labute approximate surface area is 222 Å². The number of aromatic amines is 1. The van der Waals surface area contributed by atoms with E-state index >= 15 is 0 Å². The van der Waals surface area contributed by atoms with Crippen LogP contribution in [0.1, 0.15) is 66.6 Å². The van der Waals surface area contributed by atoms with E-state index in [-0.39, 0.29) is 6.42 Å². The van der Waals surface area contributed by atoms with Crippen LogP contribution >= 0.6 is 0 Å². The van der Waals surface area contributed by atoms with Crippen LogP contribution in [0.3, 0.4) is 0 Å². The molecule has 3 amide bonds. The van der Waals surface area contributed by atoms with Crippen molar-refractivity contribution in [3.05, 3.63) is 76.7 Å². The molecule has 0 saturated heterocycles. The third-order valence-electron chi connectivity index (χ3n) is 6.05. The topological polar surface area (TPSA) is 151 Å². The van der Waals surface area contributed by atoms with E-state index in [9.17, 15) is 19.6 Å². The van der Waals surface area contributed by atoms with Gasteiger partial charge in [0.1, 0.15) is 23.5 Å². The van der Waals surface area contributed by atoms with E-state index in [4.69, 9.17) is 10.5 Å². The molecule has 1 aromatic heterocycles. The van der Waals surface area contributed by atoms with Crippen molar-refractivity contribution in [1.29, 1.82) is 0 Å². The van der Waals surface area contributed by atoms with E-state index in [1.165, 1.54) is 0 Å². The number of primary amides is 1. The molecule has 0 aliphatic carbocycles. The number of rotatable bonds is 8. The van der Waals surface area contributed by atoms with Gasteiger partial charge in [-0.3, -0.25) is 14.8 Å². The zero-order valence-electron chi connectivity index (χ0n) is 22.5. The molecular formula is C28H35N5O5. The van der Waals surface area contributed by atoms with Crippen molar-refractivity contribution in [2.45, 2.75) is 65.6 Å². The summed E-state index contributed by atoms with van der Waals surface area (Å²) in [5.74, 6) is -0.946.